The van der Waals surface area contributed by atoms with Gasteiger partial charge in [0.1, 0.15) is 0 Å². The molecule has 0 atom stereocenters. The van der Waals surface area contributed by atoms with Gasteiger partial charge < -0.3 is 15.8 Å². The Labute approximate surface area is 124 Å². The quantitative estimate of drug-likeness (QED) is 0.389. The normalized spacial score (nSPS) is 11.6. The first-order chi connectivity index (χ1) is 9.11. The van der Waals surface area contributed by atoms with E-state index in [4.69, 9.17) is 10.9 Å². The highest BCUT2D eigenvalue weighted by atomic mass is 79.9. The van der Waals surface area contributed by atoms with Gasteiger partial charge in [-0.2, -0.15) is 11.3 Å². The Morgan fingerprint density at radius 3 is 2.84 bits per heavy atom. The first kappa shape index (κ1) is 13.9. The zero-order chi connectivity index (χ0) is 13.8. The van der Waals surface area contributed by atoms with Crippen molar-refractivity contribution in [2.24, 2.45) is 10.9 Å². The number of benzene rings is 1. The first-order valence-corrected chi connectivity index (χ1v) is 7.35. The lowest BCUT2D eigenvalue weighted by molar-refractivity contribution is 0.318. The van der Waals surface area contributed by atoms with Crippen LogP contribution >= 0.6 is 27.3 Å². The molecule has 1 aromatic carbocycles. The van der Waals surface area contributed by atoms with E-state index >= 15 is 0 Å². The summed E-state index contributed by atoms with van der Waals surface area (Å²) < 4.78 is 0.803. The van der Waals surface area contributed by atoms with Crippen LogP contribution in [0, 0.1) is 0 Å². The molecular weight excluding hydrogens is 326 g/mol. The standard InChI is InChI=1S/C13H14BrN3OS/c1-17(7-9-4-5-19-8-9)10-2-3-11(12(14)6-10)13(15)16-18/h2-6,8,18H,7H2,1H3,(H2,15,16). The second-order valence-corrected chi connectivity index (χ2v) is 5.77. The number of halogens is 1. The highest BCUT2D eigenvalue weighted by molar-refractivity contribution is 9.10. The number of nitrogens with zero attached hydrogens (tertiary/aromatic N) is 2. The Kier molecular flexibility index (Phi) is 4.44. The molecule has 1 heterocycles. The second kappa shape index (κ2) is 6.08. The molecule has 2 rings (SSSR count). The third kappa shape index (κ3) is 3.27. The van der Waals surface area contributed by atoms with Crippen molar-refractivity contribution in [2.45, 2.75) is 6.54 Å². The fraction of sp³-hybridized carbons (Fsp3) is 0.154. The number of rotatable bonds is 4. The number of oxime groups is 1. The Hall–Kier alpha value is -1.53. The van der Waals surface area contributed by atoms with Crippen molar-refractivity contribution in [3.05, 3.63) is 50.6 Å². The lowest BCUT2D eigenvalue weighted by atomic mass is 10.2. The van der Waals surface area contributed by atoms with E-state index in [0.29, 0.717) is 5.56 Å². The molecule has 0 unspecified atom stereocenters. The van der Waals surface area contributed by atoms with Crippen molar-refractivity contribution in [1.29, 1.82) is 0 Å². The van der Waals surface area contributed by atoms with Crippen LogP contribution < -0.4 is 10.6 Å². The van der Waals surface area contributed by atoms with Gasteiger partial charge in [0.05, 0.1) is 0 Å². The zero-order valence-electron chi connectivity index (χ0n) is 10.4. The molecule has 1 aromatic heterocycles. The number of hydrogen-bond acceptors (Lipinski definition) is 4. The molecule has 3 N–H and O–H groups in total. The van der Waals surface area contributed by atoms with E-state index < -0.39 is 0 Å². The van der Waals surface area contributed by atoms with Gasteiger partial charge >= 0.3 is 0 Å². The van der Waals surface area contributed by atoms with Crippen molar-refractivity contribution in [1.82, 2.24) is 0 Å². The molecule has 6 heteroatoms. The number of hydrogen-bond donors (Lipinski definition) is 2. The third-order valence-electron chi connectivity index (χ3n) is 2.78. The molecule has 19 heavy (non-hydrogen) atoms. The van der Waals surface area contributed by atoms with E-state index in [1.807, 2.05) is 25.2 Å². The van der Waals surface area contributed by atoms with Gasteiger partial charge in [-0.05, 0) is 56.5 Å². The van der Waals surface area contributed by atoms with Gasteiger partial charge in [-0.15, -0.1) is 0 Å². The summed E-state index contributed by atoms with van der Waals surface area (Å²) in [7, 11) is 2.03. The molecule has 4 nitrogen and oxygen atoms in total. The number of amidine groups is 1. The van der Waals surface area contributed by atoms with Crippen LogP contribution in [-0.2, 0) is 6.54 Å². The molecule has 0 aliphatic heterocycles. The summed E-state index contributed by atoms with van der Waals surface area (Å²) >= 11 is 5.13. The van der Waals surface area contributed by atoms with E-state index in [2.05, 4.69) is 42.8 Å². The molecule has 0 saturated carbocycles. The topological polar surface area (TPSA) is 61.8 Å². The minimum absolute atomic E-state index is 0.0962. The van der Waals surface area contributed by atoms with Crippen LogP contribution in [0.2, 0.25) is 0 Å². The SMILES string of the molecule is CN(Cc1ccsc1)c1ccc(/C(N)=N/O)c(Br)c1. The lowest BCUT2D eigenvalue weighted by Gasteiger charge is -2.19. The molecule has 0 aliphatic rings. The fourth-order valence-corrected chi connectivity index (χ4v) is 2.98. The third-order valence-corrected chi connectivity index (χ3v) is 4.17. The molecule has 0 amide bonds. The Balaban J connectivity index is 2.19. The Bertz CT molecular complexity index is 584. The van der Waals surface area contributed by atoms with Crippen molar-refractivity contribution >= 4 is 38.8 Å². The van der Waals surface area contributed by atoms with E-state index in [9.17, 15) is 0 Å². The molecule has 0 spiro atoms. The highest BCUT2D eigenvalue weighted by Crippen LogP contribution is 2.24. The van der Waals surface area contributed by atoms with Crippen LogP contribution in [0.1, 0.15) is 11.1 Å². The van der Waals surface area contributed by atoms with Gasteiger partial charge in [0.25, 0.3) is 0 Å². The average molecular weight is 340 g/mol. The molecule has 0 saturated heterocycles. The van der Waals surface area contributed by atoms with Gasteiger partial charge in [-0.3, -0.25) is 0 Å². The fourth-order valence-electron chi connectivity index (χ4n) is 1.75. The van der Waals surface area contributed by atoms with Crippen LogP contribution in [-0.4, -0.2) is 18.1 Å². The van der Waals surface area contributed by atoms with Crippen LogP contribution in [0.4, 0.5) is 5.69 Å². The van der Waals surface area contributed by atoms with Crippen LogP contribution in [0.3, 0.4) is 0 Å². The lowest BCUT2D eigenvalue weighted by Crippen LogP contribution is -2.17. The maximum Gasteiger partial charge on any atom is 0.171 e. The summed E-state index contributed by atoms with van der Waals surface area (Å²) in [6.45, 7) is 0.846. The van der Waals surface area contributed by atoms with Gasteiger partial charge in [-0.1, -0.05) is 5.16 Å². The van der Waals surface area contributed by atoms with E-state index in [1.54, 1.807) is 11.3 Å². The van der Waals surface area contributed by atoms with E-state index in [0.717, 1.165) is 16.7 Å². The molecule has 0 bridgehead atoms. The van der Waals surface area contributed by atoms with Gasteiger partial charge in [0.2, 0.25) is 0 Å². The largest absolute Gasteiger partial charge is 0.409 e. The summed E-state index contributed by atoms with van der Waals surface area (Å²) in [5.74, 6) is 0.0962. The Morgan fingerprint density at radius 1 is 1.47 bits per heavy atom. The summed E-state index contributed by atoms with van der Waals surface area (Å²) in [5.41, 5.74) is 8.61. The maximum absolute atomic E-state index is 8.70. The first-order valence-electron chi connectivity index (χ1n) is 5.61. The van der Waals surface area contributed by atoms with Crippen molar-refractivity contribution in [2.75, 3.05) is 11.9 Å². The predicted molar refractivity (Wildman–Crippen MR) is 83.1 cm³/mol. The zero-order valence-corrected chi connectivity index (χ0v) is 12.8. The smallest absolute Gasteiger partial charge is 0.171 e. The molecule has 0 radical (unpaired) electrons. The summed E-state index contributed by atoms with van der Waals surface area (Å²) in [5, 5.41) is 15.9. The molecule has 100 valence electrons. The maximum atomic E-state index is 8.70. The minimum atomic E-state index is 0.0962. The molecule has 0 aliphatic carbocycles. The predicted octanol–water partition coefficient (Wildman–Crippen LogP) is 3.24. The molecule has 2 aromatic rings. The van der Waals surface area contributed by atoms with E-state index in [1.165, 1.54) is 5.56 Å². The van der Waals surface area contributed by atoms with Gasteiger partial charge in [-0.25, -0.2) is 0 Å². The van der Waals surface area contributed by atoms with Crippen molar-refractivity contribution in [3.8, 4) is 0 Å². The van der Waals surface area contributed by atoms with Gasteiger partial charge in [0.15, 0.2) is 5.84 Å². The van der Waals surface area contributed by atoms with Gasteiger partial charge in [0, 0.05) is 29.3 Å². The molecular formula is C13H14BrN3OS. The van der Waals surface area contributed by atoms with Crippen LogP contribution in [0.15, 0.2) is 44.7 Å². The average Bonchev–Trinajstić information content (AvgIpc) is 2.90. The second-order valence-electron chi connectivity index (χ2n) is 4.14. The van der Waals surface area contributed by atoms with Crippen molar-refractivity contribution in [3.63, 3.8) is 0 Å². The van der Waals surface area contributed by atoms with Crippen LogP contribution in [0.5, 0.6) is 0 Å². The summed E-state index contributed by atoms with van der Waals surface area (Å²) in [4.78, 5) is 2.14. The monoisotopic (exact) mass is 339 g/mol. The van der Waals surface area contributed by atoms with Crippen LogP contribution in [0.25, 0.3) is 0 Å². The Morgan fingerprint density at radius 2 is 2.26 bits per heavy atom. The summed E-state index contributed by atoms with van der Waals surface area (Å²) in [6.07, 6.45) is 0. The summed E-state index contributed by atoms with van der Waals surface area (Å²) in [6, 6.07) is 7.85. The highest BCUT2D eigenvalue weighted by Gasteiger charge is 2.08. The van der Waals surface area contributed by atoms with E-state index in [-0.39, 0.29) is 5.84 Å². The number of nitrogens with two attached hydrogens (primary N) is 1. The molecule has 0 fully saturated rings. The minimum Gasteiger partial charge on any atom is -0.409 e. The number of anilines is 1. The number of thiophene rings is 1. The van der Waals surface area contributed by atoms with Crippen molar-refractivity contribution < 1.29 is 5.21 Å².